The van der Waals surface area contributed by atoms with Crippen molar-refractivity contribution in [3.63, 3.8) is 0 Å². The molecule has 1 aromatic carbocycles. The molecular weight excluding hydrogens is 417 g/mol. The average molecular weight is 451 g/mol. The summed E-state index contributed by atoms with van der Waals surface area (Å²) in [6, 6.07) is 2.14. The number of rotatable bonds is 6. The normalized spacial score (nSPS) is 18.1. The molecule has 0 saturated carbocycles. The highest BCUT2D eigenvalue weighted by Crippen LogP contribution is 2.38. The lowest BCUT2D eigenvalue weighted by Crippen LogP contribution is -2.45. The smallest absolute Gasteiger partial charge is 0.498 e. The number of amides is 1. The largest absolute Gasteiger partial charge is 0.504 e. The number of carbonyl (C=O) groups excluding carboxylic acids is 2. The molecule has 0 radical (unpaired) electrons. The highest BCUT2D eigenvalue weighted by Gasteiger charge is 2.52. The summed E-state index contributed by atoms with van der Waals surface area (Å²) in [7, 11) is 1.87. The molecule has 0 unspecified atom stereocenters. The van der Waals surface area contributed by atoms with Gasteiger partial charge in [0.2, 0.25) is 0 Å². The Morgan fingerprint density at radius 2 is 1.69 bits per heavy atom. The number of aromatic hydroxyl groups is 1. The topological polar surface area (TPSA) is 113 Å². The van der Waals surface area contributed by atoms with Gasteiger partial charge in [0.1, 0.15) is 11.6 Å². The molecule has 0 aromatic heterocycles. The number of hydrogen-bond acceptors (Lipinski definition) is 8. The second-order valence-corrected chi connectivity index (χ2v) is 9.75. The van der Waals surface area contributed by atoms with Crippen LogP contribution in [0.2, 0.25) is 0 Å². The van der Waals surface area contributed by atoms with Crippen LogP contribution >= 0.6 is 0 Å². The molecule has 9 nitrogen and oxygen atoms in total. The van der Waals surface area contributed by atoms with Crippen LogP contribution in [0, 0.1) is 0 Å². The van der Waals surface area contributed by atoms with Gasteiger partial charge in [0.05, 0.1) is 25.4 Å². The quantitative estimate of drug-likeness (QED) is 0.501. The first-order valence-electron chi connectivity index (χ1n) is 10.4. The minimum atomic E-state index is -1.03. The second-order valence-electron chi connectivity index (χ2n) is 9.75. The highest BCUT2D eigenvalue weighted by molar-refractivity contribution is 6.63. The SMILES string of the molecule is COC(=O)[C@H](Cc1cc(O)c(OC)c(B2OC(C)(C)C(C)(C)O2)c1)NC(=O)OC(C)(C)C. The Labute approximate surface area is 189 Å². The van der Waals surface area contributed by atoms with Crippen LogP contribution in [-0.2, 0) is 30.0 Å². The zero-order valence-corrected chi connectivity index (χ0v) is 20.3. The van der Waals surface area contributed by atoms with Crippen molar-refractivity contribution in [2.75, 3.05) is 14.2 Å². The van der Waals surface area contributed by atoms with Gasteiger partial charge < -0.3 is 33.9 Å². The van der Waals surface area contributed by atoms with E-state index in [2.05, 4.69) is 5.32 Å². The summed E-state index contributed by atoms with van der Waals surface area (Å²) in [6.45, 7) is 12.8. The van der Waals surface area contributed by atoms with E-state index in [4.69, 9.17) is 23.5 Å². The molecule has 1 aromatic rings. The number of alkyl carbamates (subject to hydrolysis) is 1. The Morgan fingerprint density at radius 3 is 2.16 bits per heavy atom. The molecule has 0 spiro atoms. The molecule has 10 heteroatoms. The first kappa shape index (κ1) is 25.8. The Balaban J connectivity index is 2.36. The number of phenols is 1. The maximum atomic E-state index is 12.3. The van der Waals surface area contributed by atoms with Gasteiger partial charge in [-0.25, -0.2) is 9.59 Å². The van der Waals surface area contributed by atoms with Crippen LogP contribution in [0.15, 0.2) is 12.1 Å². The standard InChI is InChI=1S/C22H34BNO8/c1-20(2,3)30-19(27)24-15(18(26)29-9)11-13-10-14(17(28-8)16(25)12-13)23-31-21(4,5)22(6,7)32-23/h10,12,15,25H,11H2,1-9H3,(H,24,27)/t15-/m0/s1. The summed E-state index contributed by atoms with van der Waals surface area (Å²) in [5.41, 5.74) is -0.906. The van der Waals surface area contributed by atoms with Crippen LogP contribution in [0.1, 0.15) is 54.0 Å². The molecule has 32 heavy (non-hydrogen) atoms. The molecule has 1 aliphatic rings. The number of nitrogens with one attached hydrogen (secondary N) is 1. The fourth-order valence-corrected chi connectivity index (χ4v) is 3.20. The van der Waals surface area contributed by atoms with E-state index >= 15 is 0 Å². The minimum Gasteiger partial charge on any atom is -0.504 e. The van der Waals surface area contributed by atoms with Crippen LogP contribution in [0.4, 0.5) is 4.79 Å². The molecule has 1 amide bonds. The average Bonchev–Trinajstić information content (AvgIpc) is 2.85. The lowest BCUT2D eigenvalue weighted by Gasteiger charge is -2.32. The molecule has 0 bridgehead atoms. The van der Waals surface area contributed by atoms with Crippen molar-refractivity contribution in [1.82, 2.24) is 5.32 Å². The Bertz CT molecular complexity index is 846. The zero-order chi connectivity index (χ0) is 24.5. The fraction of sp³-hybridized carbons (Fsp3) is 0.636. The molecule has 178 valence electrons. The van der Waals surface area contributed by atoms with E-state index in [-0.39, 0.29) is 17.9 Å². The van der Waals surface area contributed by atoms with Gasteiger partial charge in [0, 0.05) is 11.9 Å². The first-order valence-corrected chi connectivity index (χ1v) is 10.4. The maximum Gasteiger partial charge on any atom is 0.498 e. The van der Waals surface area contributed by atoms with Crippen molar-refractivity contribution < 1.29 is 38.2 Å². The van der Waals surface area contributed by atoms with Crippen molar-refractivity contribution in [1.29, 1.82) is 0 Å². The Kier molecular flexibility index (Phi) is 7.41. The molecular formula is C22H34BNO8. The van der Waals surface area contributed by atoms with E-state index in [0.29, 0.717) is 11.0 Å². The van der Waals surface area contributed by atoms with Crippen LogP contribution in [0.25, 0.3) is 0 Å². The second kappa shape index (κ2) is 9.19. The van der Waals surface area contributed by atoms with Gasteiger partial charge in [-0.05, 0) is 60.1 Å². The summed E-state index contributed by atoms with van der Waals surface area (Å²) in [5, 5.41) is 13.1. The molecule has 1 saturated heterocycles. The van der Waals surface area contributed by atoms with Gasteiger partial charge in [-0.1, -0.05) is 6.07 Å². The molecule has 2 N–H and O–H groups in total. The molecule has 2 rings (SSSR count). The van der Waals surface area contributed by atoms with Gasteiger partial charge in [-0.3, -0.25) is 0 Å². The van der Waals surface area contributed by atoms with Gasteiger partial charge in [0.15, 0.2) is 11.5 Å². The number of benzene rings is 1. The lowest BCUT2D eigenvalue weighted by atomic mass is 9.77. The van der Waals surface area contributed by atoms with Crippen molar-refractivity contribution >= 4 is 24.6 Å². The van der Waals surface area contributed by atoms with Crippen LogP contribution in [0.5, 0.6) is 11.5 Å². The lowest BCUT2D eigenvalue weighted by molar-refractivity contribution is -0.143. The minimum absolute atomic E-state index is 0.0377. The van der Waals surface area contributed by atoms with Crippen LogP contribution in [-0.4, -0.2) is 61.4 Å². The number of phenolic OH excluding ortho intramolecular Hbond substituents is 1. The molecule has 1 aliphatic heterocycles. The van der Waals surface area contributed by atoms with Crippen molar-refractivity contribution in [2.24, 2.45) is 0 Å². The number of hydrogen-bond donors (Lipinski definition) is 2. The van der Waals surface area contributed by atoms with E-state index in [1.165, 1.54) is 20.3 Å². The highest BCUT2D eigenvalue weighted by atomic mass is 16.7. The van der Waals surface area contributed by atoms with E-state index < -0.39 is 42.0 Å². The number of carbonyl (C=O) groups is 2. The third-order valence-electron chi connectivity index (χ3n) is 5.49. The summed E-state index contributed by atoms with van der Waals surface area (Å²) >= 11 is 0. The summed E-state index contributed by atoms with van der Waals surface area (Å²) in [5.74, 6) is -0.582. The molecule has 0 aliphatic carbocycles. The molecule has 1 heterocycles. The third kappa shape index (κ3) is 5.86. The number of methoxy groups -OCH3 is 2. The van der Waals surface area contributed by atoms with Crippen molar-refractivity contribution in [3.8, 4) is 11.5 Å². The molecule has 1 atom stereocenters. The first-order chi connectivity index (χ1) is 14.6. The maximum absolute atomic E-state index is 12.3. The van der Waals surface area contributed by atoms with Crippen molar-refractivity contribution in [2.45, 2.75) is 77.7 Å². The summed E-state index contributed by atoms with van der Waals surface area (Å²) in [4.78, 5) is 24.5. The third-order valence-corrected chi connectivity index (χ3v) is 5.49. The van der Waals surface area contributed by atoms with Gasteiger partial charge in [-0.15, -0.1) is 0 Å². The predicted molar refractivity (Wildman–Crippen MR) is 119 cm³/mol. The summed E-state index contributed by atoms with van der Waals surface area (Å²) in [6.07, 6.45) is -0.715. The van der Waals surface area contributed by atoms with Gasteiger partial charge in [0.25, 0.3) is 0 Å². The fourth-order valence-electron chi connectivity index (χ4n) is 3.20. The van der Waals surface area contributed by atoms with E-state index in [1.54, 1.807) is 26.8 Å². The zero-order valence-electron chi connectivity index (χ0n) is 20.3. The van der Waals surface area contributed by atoms with Crippen LogP contribution in [0.3, 0.4) is 0 Å². The van der Waals surface area contributed by atoms with Gasteiger partial charge >= 0.3 is 19.2 Å². The molecule has 1 fully saturated rings. The van der Waals surface area contributed by atoms with E-state index in [1.807, 2.05) is 27.7 Å². The van der Waals surface area contributed by atoms with Gasteiger partial charge in [-0.2, -0.15) is 0 Å². The van der Waals surface area contributed by atoms with Crippen LogP contribution < -0.4 is 15.5 Å². The van der Waals surface area contributed by atoms with E-state index in [0.717, 1.165) is 0 Å². The summed E-state index contributed by atoms with van der Waals surface area (Å²) < 4.78 is 27.7. The number of esters is 1. The van der Waals surface area contributed by atoms with Crippen molar-refractivity contribution in [3.05, 3.63) is 17.7 Å². The Hall–Kier alpha value is -2.46. The monoisotopic (exact) mass is 451 g/mol. The predicted octanol–water partition coefficient (Wildman–Crippen LogP) is 2.31. The Morgan fingerprint density at radius 1 is 1.12 bits per heavy atom. The van der Waals surface area contributed by atoms with E-state index in [9.17, 15) is 14.7 Å². The number of ether oxygens (including phenoxy) is 3.